The van der Waals surface area contributed by atoms with Gasteiger partial charge in [-0.15, -0.1) is 0 Å². The van der Waals surface area contributed by atoms with E-state index in [4.69, 9.17) is 10.5 Å². The average Bonchev–Trinajstić information content (AvgIpc) is 2.42. The maximum absolute atomic E-state index is 6.23. The van der Waals surface area contributed by atoms with Gasteiger partial charge in [-0.3, -0.25) is 4.90 Å². The summed E-state index contributed by atoms with van der Waals surface area (Å²) < 4.78 is 5.32. The molecule has 0 aliphatic rings. The lowest BCUT2D eigenvalue weighted by Gasteiger charge is -2.34. The molecule has 3 heteroatoms. The van der Waals surface area contributed by atoms with Crippen molar-refractivity contribution in [2.75, 3.05) is 20.2 Å². The molecular weight excluding hydrogens is 236 g/mol. The Morgan fingerprint density at radius 2 is 2.05 bits per heavy atom. The van der Waals surface area contributed by atoms with E-state index in [0.29, 0.717) is 0 Å². The van der Waals surface area contributed by atoms with Crippen molar-refractivity contribution in [3.05, 3.63) is 29.8 Å². The SMILES string of the molecule is CCCCN(CC)C(c1cccc(OC)c1)C(C)N. The largest absolute Gasteiger partial charge is 0.497 e. The van der Waals surface area contributed by atoms with Gasteiger partial charge in [0.1, 0.15) is 5.75 Å². The smallest absolute Gasteiger partial charge is 0.119 e. The average molecular weight is 264 g/mol. The van der Waals surface area contributed by atoms with Gasteiger partial charge < -0.3 is 10.5 Å². The molecule has 0 fully saturated rings. The molecule has 0 saturated carbocycles. The fourth-order valence-corrected chi connectivity index (χ4v) is 2.53. The van der Waals surface area contributed by atoms with Crippen molar-refractivity contribution in [2.45, 2.75) is 45.7 Å². The van der Waals surface area contributed by atoms with Gasteiger partial charge in [0.2, 0.25) is 0 Å². The Kier molecular flexibility index (Phi) is 6.89. The first-order valence-electron chi connectivity index (χ1n) is 7.27. The molecule has 3 nitrogen and oxygen atoms in total. The summed E-state index contributed by atoms with van der Waals surface area (Å²) in [6.07, 6.45) is 2.42. The summed E-state index contributed by atoms with van der Waals surface area (Å²) in [5, 5.41) is 0. The van der Waals surface area contributed by atoms with Crippen molar-refractivity contribution in [3.8, 4) is 5.75 Å². The van der Waals surface area contributed by atoms with E-state index in [2.05, 4.69) is 37.8 Å². The van der Waals surface area contributed by atoms with Gasteiger partial charge in [-0.05, 0) is 44.1 Å². The van der Waals surface area contributed by atoms with Crippen LogP contribution in [-0.2, 0) is 0 Å². The van der Waals surface area contributed by atoms with E-state index in [1.54, 1.807) is 7.11 Å². The number of likely N-dealkylation sites (N-methyl/N-ethyl adjacent to an activating group) is 1. The number of hydrogen-bond donors (Lipinski definition) is 1. The number of benzene rings is 1. The summed E-state index contributed by atoms with van der Waals surface area (Å²) in [7, 11) is 1.70. The Morgan fingerprint density at radius 1 is 1.32 bits per heavy atom. The monoisotopic (exact) mass is 264 g/mol. The quantitative estimate of drug-likeness (QED) is 0.783. The van der Waals surface area contributed by atoms with Crippen LogP contribution in [0.2, 0.25) is 0 Å². The number of rotatable bonds is 8. The van der Waals surface area contributed by atoms with Gasteiger partial charge in [0.05, 0.1) is 7.11 Å². The Morgan fingerprint density at radius 3 is 2.58 bits per heavy atom. The predicted octanol–water partition coefficient (Wildman–Crippen LogP) is 3.21. The topological polar surface area (TPSA) is 38.5 Å². The third-order valence-corrected chi connectivity index (χ3v) is 3.53. The van der Waals surface area contributed by atoms with E-state index in [9.17, 15) is 0 Å². The molecule has 0 amide bonds. The van der Waals surface area contributed by atoms with Crippen LogP contribution in [-0.4, -0.2) is 31.1 Å². The molecule has 0 spiro atoms. The van der Waals surface area contributed by atoms with Crippen LogP contribution in [0.5, 0.6) is 5.75 Å². The molecule has 108 valence electrons. The van der Waals surface area contributed by atoms with Crippen molar-refractivity contribution in [2.24, 2.45) is 5.73 Å². The molecule has 2 N–H and O–H groups in total. The minimum atomic E-state index is 0.101. The van der Waals surface area contributed by atoms with E-state index >= 15 is 0 Å². The summed E-state index contributed by atoms with van der Waals surface area (Å²) in [5.74, 6) is 0.898. The molecule has 0 radical (unpaired) electrons. The lowest BCUT2D eigenvalue weighted by molar-refractivity contribution is 0.182. The second-order valence-corrected chi connectivity index (χ2v) is 5.06. The van der Waals surface area contributed by atoms with E-state index in [0.717, 1.165) is 18.8 Å². The zero-order chi connectivity index (χ0) is 14.3. The second kappa shape index (κ2) is 8.18. The lowest BCUT2D eigenvalue weighted by atomic mass is 9.98. The molecule has 0 heterocycles. The minimum absolute atomic E-state index is 0.101. The van der Waals surface area contributed by atoms with Gasteiger partial charge in [-0.1, -0.05) is 32.4 Å². The van der Waals surface area contributed by atoms with E-state index < -0.39 is 0 Å². The molecule has 0 aliphatic heterocycles. The Hall–Kier alpha value is -1.06. The van der Waals surface area contributed by atoms with Crippen molar-refractivity contribution in [1.29, 1.82) is 0 Å². The number of ether oxygens (including phenoxy) is 1. The molecule has 19 heavy (non-hydrogen) atoms. The number of hydrogen-bond acceptors (Lipinski definition) is 3. The van der Waals surface area contributed by atoms with E-state index in [1.807, 2.05) is 12.1 Å². The maximum Gasteiger partial charge on any atom is 0.119 e. The predicted molar refractivity (Wildman–Crippen MR) is 81.5 cm³/mol. The fraction of sp³-hybridized carbons (Fsp3) is 0.625. The zero-order valence-corrected chi connectivity index (χ0v) is 12.7. The highest BCUT2D eigenvalue weighted by Crippen LogP contribution is 2.26. The van der Waals surface area contributed by atoms with Crippen molar-refractivity contribution in [3.63, 3.8) is 0 Å². The maximum atomic E-state index is 6.23. The highest BCUT2D eigenvalue weighted by Gasteiger charge is 2.22. The van der Waals surface area contributed by atoms with Crippen molar-refractivity contribution in [1.82, 2.24) is 4.90 Å². The van der Waals surface area contributed by atoms with E-state index in [1.165, 1.54) is 18.4 Å². The van der Waals surface area contributed by atoms with Crippen LogP contribution >= 0.6 is 0 Å². The van der Waals surface area contributed by atoms with Gasteiger partial charge in [0.25, 0.3) is 0 Å². The molecule has 0 aromatic heterocycles. The lowest BCUT2D eigenvalue weighted by Crippen LogP contribution is -2.40. The molecule has 0 saturated heterocycles. The third kappa shape index (κ3) is 4.51. The van der Waals surface area contributed by atoms with Crippen molar-refractivity contribution < 1.29 is 4.74 Å². The number of nitrogens with two attached hydrogens (primary N) is 1. The minimum Gasteiger partial charge on any atom is -0.497 e. The van der Waals surface area contributed by atoms with Crippen LogP contribution in [0.4, 0.5) is 0 Å². The molecule has 2 unspecified atom stereocenters. The highest BCUT2D eigenvalue weighted by molar-refractivity contribution is 5.31. The van der Waals surface area contributed by atoms with Crippen LogP contribution in [0, 0.1) is 0 Å². The van der Waals surface area contributed by atoms with Crippen LogP contribution in [0.15, 0.2) is 24.3 Å². The van der Waals surface area contributed by atoms with Gasteiger partial charge in [0.15, 0.2) is 0 Å². The van der Waals surface area contributed by atoms with Gasteiger partial charge in [0, 0.05) is 12.1 Å². The zero-order valence-electron chi connectivity index (χ0n) is 12.7. The first-order valence-corrected chi connectivity index (χ1v) is 7.27. The van der Waals surface area contributed by atoms with Crippen LogP contribution in [0.25, 0.3) is 0 Å². The summed E-state index contributed by atoms with van der Waals surface area (Å²) in [6.45, 7) is 8.62. The normalized spacial score (nSPS) is 14.4. The van der Waals surface area contributed by atoms with Gasteiger partial charge in [-0.25, -0.2) is 0 Å². The highest BCUT2D eigenvalue weighted by atomic mass is 16.5. The molecule has 2 atom stereocenters. The van der Waals surface area contributed by atoms with Gasteiger partial charge >= 0.3 is 0 Å². The standard InChI is InChI=1S/C16H28N2O/c1-5-7-11-18(6-2)16(13(3)17)14-9-8-10-15(12-14)19-4/h8-10,12-13,16H,5-7,11,17H2,1-4H3. The first-order chi connectivity index (χ1) is 9.13. The van der Waals surface area contributed by atoms with Crippen LogP contribution in [0.3, 0.4) is 0 Å². The molecule has 1 rings (SSSR count). The summed E-state index contributed by atoms with van der Waals surface area (Å²) in [4.78, 5) is 2.46. The molecule has 0 aliphatic carbocycles. The number of nitrogens with zero attached hydrogens (tertiary/aromatic N) is 1. The molecule has 1 aromatic rings. The Balaban J connectivity index is 2.96. The summed E-state index contributed by atoms with van der Waals surface area (Å²) in [6, 6.07) is 8.62. The Labute approximate surface area is 117 Å². The molecule has 0 bridgehead atoms. The fourth-order valence-electron chi connectivity index (χ4n) is 2.53. The van der Waals surface area contributed by atoms with Crippen LogP contribution < -0.4 is 10.5 Å². The molecular formula is C16H28N2O. The van der Waals surface area contributed by atoms with Crippen molar-refractivity contribution >= 4 is 0 Å². The number of methoxy groups -OCH3 is 1. The van der Waals surface area contributed by atoms with Crippen LogP contribution in [0.1, 0.15) is 45.2 Å². The third-order valence-electron chi connectivity index (χ3n) is 3.53. The van der Waals surface area contributed by atoms with E-state index in [-0.39, 0.29) is 12.1 Å². The number of unbranched alkanes of at least 4 members (excludes halogenated alkanes) is 1. The summed E-state index contributed by atoms with van der Waals surface area (Å²) >= 11 is 0. The Bertz CT molecular complexity index is 366. The van der Waals surface area contributed by atoms with Gasteiger partial charge in [-0.2, -0.15) is 0 Å². The first kappa shape index (κ1) is 16.0. The molecule has 1 aromatic carbocycles. The second-order valence-electron chi connectivity index (χ2n) is 5.06. The summed E-state index contributed by atoms with van der Waals surface area (Å²) in [5.41, 5.74) is 7.47.